The molecule has 4 amide bonds. The van der Waals surface area contributed by atoms with Crippen LogP contribution < -0.4 is 0 Å². The topological polar surface area (TPSA) is 60.9 Å². The third-order valence-corrected chi connectivity index (χ3v) is 4.88. The van der Waals surface area contributed by atoms with Crippen LogP contribution in [0, 0.1) is 0 Å². The third-order valence-electron chi connectivity index (χ3n) is 4.88. The van der Waals surface area contributed by atoms with Crippen molar-refractivity contribution in [1.82, 2.24) is 14.7 Å². The van der Waals surface area contributed by atoms with Gasteiger partial charge in [-0.05, 0) is 25.7 Å². The maximum atomic E-state index is 12.3. The van der Waals surface area contributed by atoms with E-state index >= 15 is 0 Å². The number of amides is 4. The van der Waals surface area contributed by atoms with Gasteiger partial charge in [-0.3, -0.25) is 14.5 Å². The molecule has 0 aromatic heterocycles. The van der Waals surface area contributed by atoms with Crippen LogP contribution in [0.3, 0.4) is 0 Å². The molecule has 2 aliphatic carbocycles. The van der Waals surface area contributed by atoms with Crippen LogP contribution in [0.4, 0.5) is 4.79 Å². The maximum absolute atomic E-state index is 12.3. The Balaban J connectivity index is 1.58. The molecular weight excluding hydrogens is 270 g/mol. The van der Waals surface area contributed by atoms with Crippen LogP contribution in [-0.2, 0) is 9.59 Å². The van der Waals surface area contributed by atoms with Crippen molar-refractivity contribution in [2.45, 2.75) is 57.0 Å². The van der Waals surface area contributed by atoms with Crippen LogP contribution in [0.2, 0.25) is 0 Å². The summed E-state index contributed by atoms with van der Waals surface area (Å²) in [5.74, 6) is -0.362. The summed E-state index contributed by atoms with van der Waals surface area (Å²) < 4.78 is 0. The molecule has 21 heavy (non-hydrogen) atoms. The van der Waals surface area contributed by atoms with Gasteiger partial charge in [-0.1, -0.05) is 19.3 Å². The van der Waals surface area contributed by atoms with E-state index in [-0.39, 0.29) is 43.0 Å². The summed E-state index contributed by atoms with van der Waals surface area (Å²) in [7, 11) is 1.79. The molecule has 0 aromatic carbocycles. The van der Waals surface area contributed by atoms with E-state index in [2.05, 4.69) is 0 Å². The molecule has 3 aliphatic rings. The highest BCUT2D eigenvalue weighted by molar-refractivity contribution is 6.04. The van der Waals surface area contributed by atoms with E-state index in [0.717, 1.165) is 43.4 Å². The van der Waals surface area contributed by atoms with Gasteiger partial charge in [0, 0.05) is 19.1 Å². The first-order valence-corrected chi connectivity index (χ1v) is 7.94. The minimum atomic E-state index is -0.284. The molecule has 6 nitrogen and oxygen atoms in total. The molecule has 3 rings (SSSR count). The Morgan fingerprint density at radius 3 is 2.43 bits per heavy atom. The summed E-state index contributed by atoms with van der Waals surface area (Å²) in [5, 5.41) is 0. The van der Waals surface area contributed by atoms with Crippen molar-refractivity contribution < 1.29 is 14.4 Å². The Morgan fingerprint density at radius 1 is 1.14 bits per heavy atom. The average Bonchev–Trinajstić information content (AvgIpc) is 3.30. The largest absolute Gasteiger partial charge is 0.341 e. The van der Waals surface area contributed by atoms with Crippen molar-refractivity contribution in [2.24, 2.45) is 0 Å². The fraction of sp³-hybridized carbons (Fsp3) is 0.800. The van der Waals surface area contributed by atoms with Crippen molar-refractivity contribution in [3.8, 4) is 0 Å². The summed E-state index contributed by atoms with van der Waals surface area (Å²) in [6.07, 6.45) is 7.54. The Hall–Kier alpha value is -1.59. The molecular formula is C15H23N3O3. The molecule has 1 saturated heterocycles. The second kappa shape index (κ2) is 5.66. The normalized spacial score (nSPS) is 23.9. The van der Waals surface area contributed by atoms with Crippen molar-refractivity contribution >= 4 is 17.8 Å². The summed E-state index contributed by atoms with van der Waals surface area (Å²) in [4.78, 5) is 41.0. The van der Waals surface area contributed by atoms with E-state index in [1.807, 2.05) is 0 Å². The molecule has 3 fully saturated rings. The van der Waals surface area contributed by atoms with Gasteiger partial charge < -0.3 is 9.80 Å². The monoisotopic (exact) mass is 293 g/mol. The minimum Gasteiger partial charge on any atom is -0.341 e. The highest BCUT2D eigenvalue weighted by Crippen LogP contribution is 2.30. The van der Waals surface area contributed by atoms with E-state index in [1.165, 1.54) is 6.42 Å². The van der Waals surface area contributed by atoms with Gasteiger partial charge in [0.05, 0.1) is 0 Å². The highest BCUT2D eigenvalue weighted by Gasteiger charge is 2.44. The number of nitrogens with zero attached hydrogens (tertiary/aromatic N) is 3. The van der Waals surface area contributed by atoms with Crippen LogP contribution in [0.5, 0.6) is 0 Å². The SMILES string of the molecule is CN(C(=O)CN1C(=O)CN(C2CC2)C1=O)C1CCCCC1. The first-order valence-electron chi connectivity index (χ1n) is 7.94. The van der Waals surface area contributed by atoms with Gasteiger partial charge in [0.2, 0.25) is 5.91 Å². The van der Waals surface area contributed by atoms with Crippen molar-refractivity contribution in [2.75, 3.05) is 20.1 Å². The standard InChI is InChI=1S/C15H23N3O3/c1-16(11-5-3-2-4-6-11)13(19)9-18-14(20)10-17(15(18)21)12-7-8-12/h11-12H,2-10H2,1H3. The number of urea groups is 1. The highest BCUT2D eigenvalue weighted by atomic mass is 16.2. The average molecular weight is 293 g/mol. The van der Waals surface area contributed by atoms with Crippen LogP contribution in [0.1, 0.15) is 44.9 Å². The van der Waals surface area contributed by atoms with Gasteiger partial charge >= 0.3 is 6.03 Å². The molecule has 6 heteroatoms. The smallest absolute Gasteiger partial charge is 0.327 e. The van der Waals surface area contributed by atoms with Crippen molar-refractivity contribution in [1.29, 1.82) is 0 Å². The molecule has 1 heterocycles. The fourth-order valence-electron chi connectivity index (χ4n) is 3.31. The van der Waals surface area contributed by atoms with E-state index in [0.29, 0.717) is 0 Å². The Kier molecular flexibility index (Phi) is 3.87. The summed E-state index contributed by atoms with van der Waals surface area (Å²) in [6.45, 7) is 0.0395. The minimum absolute atomic E-state index is 0.103. The zero-order chi connectivity index (χ0) is 15.0. The Bertz CT molecular complexity index is 455. The van der Waals surface area contributed by atoms with Gasteiger partial charge in [-0.2, -0.15) is 0 Å². The lowest BCUT2D eigenvalue weighted by Gasteiger charge is -2.32. The van der Waals surface area contributed by atoms with Crippen LogP contribution in [0.15, 0.2) is 0 Å². The van der Waals surface area contributed by atoms with Gasteiger partial charge in [-0.15, -0.1) is 0 Å². The summed E-state index contributed by atoms with van der Waals surface area (Å²) in [6, 6.07) is 0.198. The maximum Gasteiger partial charge on any atom is 0.327 e. The molecule has 0 atom stereocenters. The number of carbonyl (C=O) groups excluding carboxylic acids is 3. The zero-order valence-electron chi connectivity index (χ0n) is 12.6. The molecule has 0 spiro atoms. The predicted octanol–water partition coefficient (Wildman–Crippen LogP) is 1.20. The number of rotatable bonds is 4. The lowest BCUT2D eigenvalue weighted by atomic mass is 9.94. The number of hydrogen-bond acceptors (Lipinski definition) is 3. The molecule has 1 aliphatic heterocycles. The molecule has 116 valence electrons. The fourth-order valence-corrected chi connectivity index (χ4v) is 3.31. The van der Waals surface area contributed by atoms with Crippen molar-refractivity contribution in [3.05, 3.63) is 0 Å². The first kappa shape index (κ1) is 14.4. The number of imide groups is 1. The summed E-state index contributed by atoms with van der Waals surface area (Å²) in [5.41, 5.74) is 0. The molecule has 0 N–H and O–H groups in total. The number of likely N-dealkylation sites (N-methyl/N-ethyl adjacent to an activating group) is 1. The van der Waals surface area contributed by atoms with E-state index in [9.17, 15) is 14.4 Å². The zero-order valence-corrected chi connectivity index (χ0v) is 12.6. The van der Waals surface area contributed by atoms with Gasteiger partial charge in [0.1, 0.15) is 13.1 Å². The Morgan fingerprint density at radius 2 is 1.81 bits per heavy atom. The van der Waals surface area contributed by atoms with Crippen LogP contribution >= 0.6 is 0 Å². The second-order valence-electron chi connectivity index (χ2n) is 6.42. The summed E-state index contributed by atoms with van der Waals surface area (Å²) >= 11 is 0. The van der Waals surface area contributed by atoms with Gasteiger partial charge in [-0.25, -0.2) is 4.79 Å². The molecule has 0 radical (unpaired) electrons. The number of hydrogen-bond donors (Lipinski definition) is 0. The van der Waals surface area contributed by atoms with Crippen LogP contribution in [0.25, 0.3) is 0 Å². The van der Waals surface area contributed by atoms with Crippen molar-refractivity contribution in [3.63, 3.8) is 0 Å². The lowest BCUT2D eigenvalue weighted by molar-refractivity contribution is -0.137. The Labute approximate surface area is 125 Å². The molecule has 0 bridgehead atoms. The number of carbonyl (C=O) groups is 3. The second-order valence-corrected chi connectivity index (χ2v) is 6.42. The van der Waals surface area contributed by atoms with Gasteiger partial charge in [0.15, 0.2) is 0 Å². The quantitative estimate of drug-likeness (QED) is 0.732. The van der Waals surface area contributed by atoms with Crippen LogP contribution in [-0.4, -0.2) is 64.8 Å². The van der Waals surface area contributed by atoms with Gasteiger partial charge in [0.25, 0.3) is 5.91 Å². The predicted molar refractivity (Wildman–Crippen MR) is 76.5 cm³/mol. The van der Waals surface area contributed by atoms with E-state index < -0.39 is 0 Å². The molecule has 2 saturated carbocycles. The third kappa shape index (κ3) is 2.89. The molecule has 0 aromatic rings. The first-order chi connectivity index (χ1) is 10.1. The lowest BCUT2D eigenvalue weighted by Crippen LogP contribution is -2.46. The van der Waals surface area contributed by atoms with E-state index in [4.69, 9.17) is 0 Å². The van der Waals surface area contributed by atoms with E-state index in [1.54, 1.807) is 16.8 Å². The molecule has 0 unspecified atom stereocenters.